The first-order valence-electron chi connectivity index (χ1n) is 13.6. The van der Waals surface area contributed by atoms with Crippen molar-refractivity contribution in [2.45, 2.75) is 43.8 Å². The molecular weight excluding hydrogens is 567 g/mol. The van der Waals surface area contributed by atoms with Gasteiger partial charge in [-0.3, -0.25) is 19.3 Å². The van der Waals surface area contributed by atoms with Crippen LogP contribution in [0.5, 0.6) is 0 Å². The number of halogens is 3. The fourth-order valence-electron chi connectivity index (χ4n) is 5.71. The molecule has 1 aromatic carbocycles. The van der Waals surface area contributed by atoms with Crippen LogP contribution in [0.3, 0.4) is 0 Å². The SMILES string of the molecule is COC(=O)Nc1nccn2c([C@@H]3CC[C@H]4CCC(=O)N4C3)nc(-c3ccc(C(=O)Nc4cc(C(F)(F)F)ccn4)cc3)c12. The molecule has 3 amide bonds. The summed E-state index contributed by atoms with van der Waals surface area (Å²) in [4.78, 5) is 52.5. The number of amides is 3. The molecule has 43 heavy (non-hydrogen) atoms. The Morgan fingerprint density at radius 2 is 1.81 bits per heavy atom. The van der Waals surface area contributed by atoms with Gasteiger partial charge in [-0.15, -0.1) is 0 Å². The van der Waals surface area contributed by atoms with E-state index in [1.54, 1.807) is 18.3 Å². The number of pyridine rings is 1. The second-order valence-electron chi connectivity index (χ2n) is 10.4. The smallest absolute Gasteiger partial charge is 0.416 e. The summed E-state index contributed by atoms with van der Waals surface area (Å²) in [6.45, 7) is 0.535. The Balaban J connectivity index is 1.33. The zero-order chi connectivity index (χ0) is 30.3. The van der Waals surface area contributed by atoms with E-state index in [9.17, 15) is 27.6 Å². The summed E-state index contributed by atoms with van der Waals surface area (Å²) in [5, 5.41) is 5.02. The van der Waals surface area contributed by atoms with Crippen LogP contribution in [0.25, 0.3) is 16.8 Å². The molecule has 0 bridgehead atoms. The van der Waals surface area contributed by atoms with Gasteiger partial charge in [-0.25, -0.2) is 19.7 Å². The van der Waals surface area contributed by atoms with Crippen LogP contribution in [-0.4, -0.2) is 61.9 Å². The number of carbonyl (C=O) groups is 3. The third kappa shape index (κ3) is 5.47. The van der Waals surface area contributed by atoms with Crippen molar-refractivity contribution in [3.63, 3.8) is 0 Å². The molecule has 11 nitrogen and oxygen atoms in total. The zero-order valence-corrected chi connectivity index (χ0v) is 22.9. The molecule has 2 N–H and O–H groups in total. The van der Waals surface area contributed by atoms with Crippen LogP contribution >= 0.6 is 0 Å². The number of ether oxygens (including phenoxy) is 1. The highest BCUT2D eigenvalue weighted by molar-refractivity contribution is 6.04. The van der Waals surface area contributed by atoms with Crippen LogP contribution in [-0.2, 0) is 15.7 Å². The molecule has 2 aliphatic heterocycles. The number of aromatic nitrogens is 4. The first kappa shape index (κ1) is 28.1. The average molecular weight is 594 g/mol. The van der Waals surface area contributed by atoms with E-state index in [1.165, 1.54) is 25.4 Å². The van der Waals surface area contributed by atoms with Crippen molar-refractivity contribution in [2.75, 3.05) is 24.3 Å². The van der Waals surface area contributed by atoms with Gasteiger partial charge in [0.1, 0.15) is 22.9 Å². The molecule has 0 spiro atoms. The number of alkyl halides is 3. The van der Waals surface area contributed by atoms with Crippen molar-refractivity contribution in [1.82, 2.24) is 24.3 Å². The Morgan fingerprint density at radius 3 is 2.56 bits per heavy atom. The van der Waals surface area contributed by atoms with Gasteiger partial charge in [0.2, 0.25) is 5.91 Å². The maximum absolute atomic E-state index is 13.1. The molecule has 4 aromatic rings. The number of anilines is 2. The van der Waals surface area contributed by atoms with Crippen LogP contribution in [0.2, 0.25) is 0 Å². The number of hydrogen-bond donors (Lipinski definition) is 2. The molecular formula is C29H26F3N7O4. The average Bonchev–Trinajstić information content (AvgIpc) is 3.58. The number of nitrogens with one attached hydrogen (secondary N) is 2. The summed E-state index contributed by atoms with van der Waals surface area (Å²) < 4.78 is 45.8. The number of piperidine rings is 1. The van der Waals surface area contributed by atoms with E-state index in [1.807, 2.05) is 9.30 Å². The van der Waals surface area contributed by atoms with Crippen molar-refractivity contribution in [3.05, 3.63) is 71.9 Å². The van der Waals surface area contributed by atoms with E-state index in [4.69, 9.17) is 9.72 Å². The Kier molecular flexibility index (Phi) is 7.20. The number of carbonyl (C=O) groups excluding carboxylic acids is 3. The van der Waals surface area contributed by atoms with E-state index < -0.39 is 23.7 Å². The molecule has 2 saturated heterocycles. The topological polar surface area (TPSA) is 131 Å². The lowest BCUT2D eigenvalue weighted by atomic mass is 9.92. The molecule has 0 saturated carbocycles. The molecule has 222 valence electrons. The first-order valence-corrected chi connectivity index (χ1v) is 13.6. The molecule has 6 rings (SSSR count). The van der Waals surface area contributed by atoms with Crippen molar-refractivity contribution < 1.29 is 32.3 Å². The molecule has 0 aliphatic carbocycles. The minimum atomic E-state index is -4.57. The predicted octanol–water partition coefficient (Wildman–Crippen LogP) is 5.11. The summed E-state index contributed by atoms with van der Waals surface area (Å²) in [5.74, 6) is 0.125. The molecule has 3 aromatic heterocycles. The third-order valence-electron chi connectivity index (χ3n) is 7.82. The number of methoxy groups -OCH3 is 1. The number of rotatable bonds is 5. The fraction of sp³-hybridized carbons (Fsp3) is 0.310. The van der Waals surface area contributed by atoms with Crippen LogP contribution in [0.4, 0.5) is 29.6 Å². The van der Waals surface area contributed by atoms with Crippen LogP contribution in [0.15, 0.2) is 55.0 Å². The summed E-state index contributed by atoms with van der Waals surface area (Å²) in [5.41, 5.74) is 0.843. The standard InChI is InChI=1S/C29H26F3N7O4/c1-43-28(42)37-25-24-23(36-26(38(24)13-12-34-25)18-6-7-20-8-9-22(40)39(20)15-18)16-2-4-17(5-3-16)27(41)35-21-14-19(10-11-33-21)29(30,31)32/h2-5,10-14,18,20H,6-9,15H2,1H3,(H,33,35,41)(H,34,37,42)/t18-,20+/m1/s1. The highest BCUT2D eigenvalue weighted by Crippen LogP contribution is 2.38. The van der Waals surface area contributed by atoms with Gasteiger partial charge in [0.05, 0.1) is 12.7 Å². The van der Waals surface area contributed by atoms with Crippen LogP contribution < -0.4 is 10.6 Å². The molecule has 2 fully saturated rings. The zero-order valence-electron chi connectivity index (χ0n) is 22.9. The van der Waals surface area contributed by atoms with Crippen molar-refractivity contribution in [1.29, 1.82) is 0 Å². The van der Waals surface area contributed by atoms with Gasteiger partial charge in [0, 0.05) is 54.6 Å². The first-order chi connectivity index (χ1) is 20.6. The maximum Gasteiger partial charge on any atom is 0.416 e. The summed E-state index contributed by atoms with van der Waals surface area (Å²) >= 11 is 0. The summed E-state index contributed by atoms with van der Waals surface area (Å²) in [6, 6.07) is 8.16. The quantitative estimate of drug-likeness (QED) is 0.329. The summed E-state index contributed by atoms with van der Waals surface area (Å²) in [6.07, 6.45) is 2.07. The highest BCUT2D eigenvalue weighted by atomic mass is 19.4. The second-order valence-corrected chi connectivity index (χ2v) is 10.4. The highest BCUT2D eigenvalue weighted by Gasteiger charge is 2.38. The molecule has 5 heterocycles. The number of imidazole rings is 1. The minimum absolute atomic E-state index is 0.0575. The maximum atomic E-state index is 13.1. The van der Waals surface area contributed by atoms with Crippen molar-refractivity contribution in [2.24, 2.45) is 0 Å². The predicted molar refractivity (Wildman–Crippen MR) is 148 cm³/mol. The minimum Gasteiger partial charge on any atom is -0.453 e. The van der Waals surface area contributed by atoms with E-state index in [-0.39, 0.29) is 35.1 Å². The van der Waals surface area contributed by atoms with Crippen LogP contribution in [0.1, 0.15) is 53.3 Å². The molecule has 2 atom stereocenters. The normalized spacial score (nSPS) is 18.4. The summed E-state index contributed by atoms with van der Waals surface area (Å²) in [7, 11) is 1.24. The largest absolute Gasteiger partial charge is 0.453 e. The van der Waals surface area contributed by atoms with Gasteiger partial charge >= 0.3 is 12.3 Å². The third-order valence-corrected chi connectivity index (χ3v) is 7.82. The fourth-order valence-corrected chi connectivity index (χ4v) is 5.71. The van der Waals surface area contributed by atoms with Gasteiger partial charge in [0.25, 0.3) is 5.91 Å². The Labute approximate surface area is 243 Å². The lowest BCUT2D eigenvalue weighted by molar-refractivity contribution is -0.137. The molecule has 14 heteroatoms. The lowest BCUT2D eigenvalue weighted by Crippen LogP contribution is -2.41. The number of nitrogens with zero attached hydrogens (tertiary/aromatic N) is 5. The van der Waals surface area contributed by atoms with Gasteiger partial charge in [0.15, 0.2) is 5.82 Å². The second kappa shape index (κ2) is 11.0. The van der Waals surface area contributed by atoms with Crippen molar-refractivity contribution in [3.8, 4) is 11.3 Å². The van der Waals surface area contributed by atoms with E-state index >= 15 is 0 Å². The Bertz CT molecular complexity index is 1720. The number of fused-ring (bicyclic) bond motifs is 2. The monoisotopic (exact) mass is 593 g/mol. The van der Waals surface area contributed by atoms with Crippen molar-refractivity contribution >= 4 is 35.1 Å². The van der Waals surface area contributed by atoms with Gasteiger partial charge in [-0.05, 0) is 43.5 Å². The van der Waals surface area contributed by atoms with Crippen LogP contribution in [0, 0.1) is 0 Å². The number of hydrogen-bond acceptors (Lipinski definition) is 7. The van der Waals surface area contributed by atoms with Gasteiger partial charge in [-0.1, -0.05) is 12.1 Å². The molecule has 0 unspecified atom stereocenters. The van der Waals surface area contributed by atoms with Gasteiger partial charge in [-0.2, -0.15) is 13.2 Å². The Morgan fingerprint density at radius 1 is 1.02 bits per heavy atom. The lowest BCUT2D eigenvalue weighted by Gasteiger charge is -2.34. The Hall–Kier alpha value is -5.01. The van der Waals surface area contributed by atoms with E-state index in [0.717, 1.165) is 37.6 Å². The molecule has 2 aliphatic rings. The van der Waals surface area contributed by atoms with E-state index in [2.05, 4.69) is 20.6 Å². The van der Waals surface area contributed by atoms with Gasteiger partial charge < -0.3 is 15.0 Å². The number of benzene rings is 1. The van der Waals surface area contributed by atoms with E-state index in [0.29, 0.717) is 35.6 Å². The molecule has 0 radical (unpaired) electrons.